The van der Waals surface area contributed by atoms with E-state index in [2.05, 4.69) is 30.6 Å². The molecule has 30 heavy (non-hydrogen) atoms. The lowest BCUT2D eigenvalue weighted by Crippen LogP contribution is -2.31. The van der Waals surface area contributed by atoms with E-state index in [9.17, 15) is 13.6 Å². The number of nitrogens with zero attached hydrogens (tertiary/aromatic N) is 4. The predicted octanol–water partition coefficient (Wildman–Crippen LogP) is 2.17. The average Bonchev–Trinajstić information content (AvgIpc) is 2.72. The van der Waals surface area contributed by atoms with Gasteiger partial charge in [0.25, 0.3) is 5.91 Å². The monoisotopic (exact) mass is 414 g/mol. The van der Waals surface area contributed by atoms with Gasteiger partial charge in [-0.25, -0.2) is 28.7 Å². The highest BCUT2D eigenvalue weighted by Gasteiger charge is 2.15. The second-order valence-corrected chi connectivity index (χ2v) is 6.36. The molecule has 0 saturated carbocycles. The maximum absolute atomic E-state index is 12.4. The van der Waals surface area contributed by atoms with Crippen LogP contribution in [0.1, 0.15) is 16.9 Å². The molecule has 0 aliphatic heterocycles. The van der Waals surface area contributed by atoms with E-state index in [1.165, 1.54) is 6.20 Å². The number of nitrogens with one attached hydrogen (secondary N) is 2. The van der Waals surface area contributed by atoms with E-state index in [1.54, 1.807) is 36.7 Å². The fourth-order valence-electron chi connectivity index (χ4n) is 2.61. The third-order valence-corrected chi connectivity index (χ3v) is 3.98. The summed E-state index contributed by atoms with van der Waals surface area (Å²) in [6.07, 6.45) is 1.61. The normalized spacial score (nSPS) is 11.9. The van der Waals surface area contributed by atoms with Crippen molar-refractivity contribution >= 4 is 23.2 Å². The van der Waals surface area contributed by atoms with Crippen LogP contribution in [0.25, 0.3) is 11.4 Å². The molecule has 1 aromatic carbocycles. The van der Waals surface area contributed by atoms with E-state index >= 15 is 0 Å². The van der Waals surface area contributed by atoms with Gasteiger partial charge in [-0.3, -0.25) is 4.79 Å². The number of primary amides is 1. The second-order valence-electron chi connectivity index (χ2n) is 6.36. The summed E-state index contributed by atoms with van der Waals surface area (Å²) in [5, 5.41) is 5.84. The lowest BCUT2D eigenvalue weighted by atomic mass is 10.2. The van der Waals surface area contributed by atoms with E-state index in [0.29, 0.717) is 11.5 Å². The van der Waals surface area contributed by atoms with Crippen molar-refractivity contribution in [2.45, 2.75) is 18.9 Å². The summed E-state index contributed by atoms with van der Waals surface area (Å²) >= 11 is 0. The molecular weight excluding hydrogens is 394 g/mol. The second kappa shape index (κ2) is 9.65. The number of benzene rings is 1. The molecule has 3 rings (SSSR count). The SMILES string of the molecule is NC(=O)c1ncc(NCC(N)CC(F)F)nc1Nc1cccc(-c2ncccn2)c1. The van der Waals surface area contributed by atoms with Crippen molar-refractivity contribution in [2.24, 2.45) is 11.5 Å². The highest BCUT2D eigenvalue weighted by Crippen LogP contribution is 2.23. The number of alkyl halides is 2. The molecule has 0 radical (unpaired) electrons. The molecule has 9 nitrogen and oxygen atoms in total. The van der Waals surface area contributed by atoms with Crippen molar-refractivity contribution < 1.29 is 13.6 Å². The van der Waals surface area contributed by atoms with Gasteiger partial charge in [0.2, 0.25) is 6.43 Å². The molecule has 2 aromatic heterocycles. The lowest BCUT2D eigenvalue weighted by molar-refractivity contribution is 0.0996. The number of amides is 1. The minimum Gasteiger partial charge on any atom is -0.367 e. The molecule has 0 saturated heterocycles. The van der Waals surface area contributed by atoms with Crippen molar-refractivity contribution in [3.63, 3.8) is 0 Å². The van der Waals surface area contributed by atoms with Crippen LogP contribution < -0.4 is 22.1 Å². The van der Waals surface area contributed by atoms with E-state index in [1.807, 2.05) is 6.07 Å². The molecule has 0 bridgehead atoms. The van der Waals surface area contributed by atoms with Gasteiger partial charge >= 0.3 is 0 Å². The molecular formula is C19H20F2N8O. The number of nitrogens with two attached hydrogens (primary N) is 2. The van der Waals surface area contributed by atoms with Crippen LogP contribution >= 0.6 is 0 Å². The Bertz CT molecular complexity index is 1000. The van der Waals surface area contributed by atoms with Crippen molar-refractivity contribution in [2.75, 3.05) is 17.2 Å². The van der Waals surface area contributed by atoms with Crippen LogP contribution in [-0.4, -0.2) is 44.9 Å². The van der Waals surface area contributed by atoms with Gasteiger partial charge in [-0.05, 0) is 18.2 Å². The molecule has 0 aliphatic carbocycles. The third-order valence-electron chi connectivity index (χ3n) is 3.98. The first-order valence-corrected chi connectivity index (χ1v) is 9.01. The maximum Gasteiger partial charge on any atom is 0.271 e. The summed E-state index contributed by atoms with van der Waals surface area (Å²) in [5.41, 5.74) is 12.3. The molecule has 1 amide bonds. The summed E-state index contributed by atoms with van der Waals surface area (Å²) in [7, 11) is 0. The van der Waals surface area contributed by atoms with E-state index in [0.717, 1.165) is 5.56 Å². The molecule has 6 N–H and O–H groups in total. The van der Waals surface area contributed by atoms with Crippen molar-refractivity contribution in [1.82, 2.24) is 19.9 Å². The van der Waals surface area contributed by atoms with Gasteiger partial charge in [0.05, 0.1) is 6.20 Å². The Balaban J connectivity index is 1.81. The highest BCUT2D eigenvalue weighted by molar-refractivity contribution is 5.96. The van der Waals surface area contributed by atoms with Crippen LogP contribution in [0.2, 0.25) is 0 Å². The molecule has 0 fully saturated rings. The molecule has 11 heteroatoms. The van der Waals surface area contributed by atoms with Crippen LogP contribution in [0.5, 0.6) is 0 Å². The first kappa shape index (κ1) is 21.0. The van der Waals surface area contributed by atoms with Crippen LogP contribution in [-0.2, 0) is 0 Å². The smallest absolute Gasteiger partial charge is 0.271 e. The van der Waals surface area contributed by atoms with Crippen LogP contribution in [0.4, 0.5) is 26.1 Å². The van der Waals surface area contributed by atoms with Crippen LogP contribution in [0.15, 0.2) is 48.9 Å². The molecule has 0 aliphatic rings. The van der Waals surface area contributed by atoms with Gasteiger partial charge in [0.15, 0.2) is 17.3 Å². The maximum atomic E-state index is 12.4. The molecule has 0 spiro atoms. The van der Waals surface area contributed by atoms with E-state index < -0.39 is 24.8 Å². The lowest BCUT2D eigenvalue weighted by Gasteiger charge is -2.14. The summed E-state index contributed by atoms with van der Waals surface area (Å²) in [5.74, 6) is 0.134. The van der Waals surface area contributed by atoms with Crippen LogP contribution in [0.3, 0.4) is 0 Å². The average molecular weight is 414 g/mol. The molecule has 2 heterocycles. The molecule has 1 unspecified atom stereocenters. The Morgan fingerprint density at radius 1 is 1.13 bits per heavy atom. The fourth-order valence-corrected chi connectivity index (χ4v) is 2.61. The number of carbonyl (C=O) groups excluding carboxylic acids is 1. The minimum absolute atomic E-state index is 0.0647. The largest absolute Gasteiger partial charge is 0.367 e. The van der Waals surface area contributed by atoms with Crippen LogP contribution in [0, 0.1) is 0 Å². The Hall–Kier alpha value is -3.73. The van der Waals surface area contributed by atoms with Gasteiger partial charge in [-0.2, -0.15) is 0 Å². The standard InChI is InChI=1S/C19H20F2N8O/c20-14(21)8-12(22)9-26-15-10-27-16(17(23)30)19(29-15)28-13-4-1-3-11(7-13)18-24-5-2-6-25-18/h1-7,10,12,14H,8-9,22H2,(H2,23,30)(H2,26,28,29). The first-order chi connectivity index (χ1) is 14.4. The summed E-state index contributed by atoms with van der Waals surface area (Å²) < 4.78 is 24.8. The zero-order valence-electron chi connectivity index (χ0n) is 15.8. The highest BCUT2D eigenvalue weighted by atomic mass is 19.3. The number of hydrogen-bond donors (Lipinski definition) is 4. The van der Waals surface area contributed by atoms with Gasteiger partial charge in [0, 0.05) is 42.7 Å². The number of rotatable bonds is 9. The van der Waals surface area contributed by atoms with Gasteiger partial charge in [0.1, 0.15) is 5.82 Å². The zero-order chi connectivity index (χ0) is 21.5. The third kappa shape index (κ3) is 5.64. The quantitative estimate of drug-likeness (QED) is 0.417. The Morgan fingerprint density at radius 2 is 1.90 bits per heavy atom. The number of aromatic nitrogens is 4. The Morgan fingerprint density at radius 3 is 2.60 bits per heavy atom. The molecule has 3 aromatic rings. The summed E-state index contributed by atoms with van der Waals surface area (Å²) in [6, 6.07) is 8.12. The van der Waals surface area contributed by atoms with Gasteiger partial charge < -0.3 is 22.1 Å². The van der Waals surface area contributed by atoms with E-state index in [-0.39, 0.29) is 23.9 Å². The van der Waals surface area contributed by atoms with E-state index in [4.69, 9.17) is 11.5 Å². The molecule has 1 atom stereocenters. The first-order valence-electron chi connectivity index (χ1n) is 9.01. The Kier molecular flexibility index (Phi) is 6.75. The number of halogens is 2. The summed E-state index contributed by atoms with van der Waals surface area (Å²) in [6.45, 7) is 0.0647. The predicted molar refractivity (Wildman–Crippen MR) is 108 cm³/mol. The van der Waals surface area contributed by atoms with Gasteiger partial charge in [-0.15, -0.1) is 0 Å². The Labute approximate surface area is 171 Å². The van der Waals surface area contributed by atoms with Crippen molar-refractivity contribution in [3.8, 4) is 11.4 Å². The molecule has 156 valence electrons. The topological polar surface area (TPSA) is 145 Å². The van der Waals surface area contributed by atoms with Crippen molar-refractivity contribution in [1.29, 1.82) is 0 Å². The number of carbonyl (C=O) groups is 1. The zero-order valence-corrected chi connectivity index (χ0v) is 15.8. The minimum atomic E-state index is -2.50. The summed E-state index contributed by atoms with van der Waals surface area (Å²) in [4.78, 5) is 28.4. The number of anilines is 3. The van der Waals surface area contributed by atoms with Gasteiger partial charge in [-0.1, -0.05) is 12.1 Å². The number of hydrogen-bond acceptors (Lipinski definition) is 8. The van der Waals surface area contributed by atoms with Crippen molar-refractivity contribution in [3.05, 3.63) is 54.6 Å². The fraction of sp³-hybridized carbons (Fsp3) is 0.211.